The first-order chi connectivity index (χ1) is 16.8. The average Bonchev–Trinajstić information content (AvgIpc) is 2.88. The maximum atomic E-state index is 12.7. The van der Waals surface area contributed by atoms with Crippen molar-refractivity contribution in [1.29, 1.82) is 0 Å². The minimum absolute atomic E-state index is 0.0107. The molecule has 1 fully saturated rings. The molecule has 1 heterocycles. The van der Waals surface area contributed by atoms with Gasteiger partial charge in [-0.15, -0.1) is 0 Å². The highest BCUT2D eigenvalue weighted by molar-refractivity contribution is 5.37. The van der Waals surface area contributed by atoms with Crippen molar-refractivity contribution in [1.82, 2.24) is 4.90 Å². The Morgan fingerprint density at radius 2 is 1.31 bits per heavy atom. The topological polar surface area (TPSA) is 52.9 Å². The van der Waals surface area contributed by atoms with Crippen LogP contribution >= 0.6 is 0 Å². The Bertz CT molecular complexity index is 1010. The normalized spacial score (nSPS) is 16.7. The van der Waals surface area contributed by atoms with Gasteiger partial charge in [-0.25, -0.2) is 0 Å². The predicted octanol–water partition coefficient (Wildman–Crippen LogP) is 5.09. The van der Waals surface area contributed by atoms with Crippen LogP contribution in [0.3, 0.4) is 0 Å². The minimum Gasteiger partial charge on any atom is -0.491 e. The second kappa shape index (κ2) is 10.8. The van der Waals surface area contributed by atoms with E-state index in [-0.39, 0.29) is 18.3 Å². The number of likely N-dealkylation sites (tertiary alicyclic amines) is 1. The molecule has 1 atom stereocenters. The third kappa shape index (κ3) is 6.04. The monoisotopic (exact) mass is 485 g/mol. The number of nitrogens with zero attached hydrogens (tertiary/aromatic N) is 1. The second-order valence-corrected chi connectivity index (χ2v) is 9.06. The van der Waals surface area contributed by atoms with Crippen LogP contribution in [0.2, 0.25) is 0 Å². The van der Waals surface area contributed by atoms with E-state index >= 15 is 0 Å². The Morgan fingerprint density at radius 3 is 1.80 bits per heavy atom. The molecular weight excluding hydrogens is 455 g/mol. The van der Waals surface area contributed by atoms with E-state index in [1.54, 1.807) is 0 Å². The summed E-state index contributed by atoms with van der Waals surface area (Å²) in [5, 5.41) is 22.4. The number of β-amino-alcohol motifs (C(OH)–C–C–N with tert-alkyl or cyclic N) is 1. The molecule has 2 N–H and O–H groups in total. The fourth-order valence-corrected chi connectivity index (χ4v) is 4.84. The number of halogens is 3. The van der Waals surface area contributed by atoms with E-state index in [2.05, 4.69) is 4.90 Å². The molecular formula is C28H30F3NO3. The van der Waals surface area contributed by atoms with E-state index in [4.69, 9.17) is 4.74 Å². The summed E-state index contributed by atoms with van der Waals surface area (Å²) >= 11 is 0. The summed E-state index contributed by atoms with van der Waals surface area (Å²) in [6.07, 6.45) is -3.66. The van der Waals surface area contributed by atoms with Gasteiger partial charge in [-0.2, -0.15) is 13.2 Å². The van der Waals surface area contributed by atoms with Crippen molar-refractivity contribution < 1.29 is 28.1 Å². The van der Waals surface area contributed by atoms with Crippen LogP contribution in [0.15, 0.2) is 84.9 Å². The molecule has 0 aromatic heterocycles. The minimum atomic E-state index is -4.39. The van der Waals surface area contributed by atoms with Crippen molar-refractivity contribution in [3.63, 3.8) is 0 Å². The first kappa shape index (κ1) is 25.2. The average molecular weight is 486 g/mol. The standard InChI is InChI=1S/C28H30F3NO3/c29-28(30,31)24-11-13-26(14-12-24)35-20-25(33)19-32-17-15-23(16-18-32)27(34,21-7-3-1-4-8-21)22-9-5-2-6-10-22/h1-14,23,25,33-34H,15-20H2/t25-/m0/s1. The summed E-state index contributed by atoms with van der Waals surface area (Å²) in [6, 6.07) is 23.9. The summed E-state index contributed by atoms with van der Waals surface area (Å²) in [6.45, 7) is 1.81. The molecule has 4 rings (SSSR count). The van der Waals surface area contributed by atoms with Gasteiger partial charge in [0.25, 0.3) is 0 Å². The van der Waals surface area contributed by atoms with Crippen molar-refractivity contribution in [2.24, 2.45) is 5.92 Å². The molecule has 3 aromatic carbocycles. The van der Waals surface area contributed by atoms with Crippen LogP contribution in [0, 0.1) is 5.92 Å². The Labute approximate surface area is 203 Å². The number of rotatable bonds is 8. The molecule has 3 aromatic rings. The number of benzene rings is 3. The van der Waals surface area contributed by atoms with Gasteiger partial charge >= 0.3 is 6.18 Å². The largest absolute Gasteiger partial charge is 0.491 e. The Balaban J connectivity index is 1.33. The molecule has 186 valence electrons. The lowest BCUT2D eigenvalue weighted by Crippen LogP contribution is -2.46. The Morgan fingerprint density at radius 1 is 0.800 bits per heavy atom. The third-order valence-corrected chi connectivity index (χ3v) is 6.70. The maximum Gasteiger partial charge on any atom is 0.416 e. The van der Waals surface area contributed by atoms with Crippen LogP contribution in [0.1, 0.15) is 29.5 Å². The fraction of sp³-hybridized carbons (Fsp3) is 0.357. The van der Waals surface area contributed by atoms with Crippen LogP contribution in [-0.2, 0) is 11.8 Å². The highest BCUT2D eigenvalue weighted by Gasteiger charge is 2.41. The van der Waals surface area contributed by atoms with Crippen molar-refractivity contribution in [2.45, 2.75) is 30.7 Å². The van der Waals surface area contributed by atoms with Crippen molar-refractivity contribution >= 4 is 0 Å². The summed E-state index contributed by atoms with van der Waals surface area (Å²) in [7, 11) is 0. The molecule has 0 spiro atoms. The van der Waals surface area contributed by atoms with Crippen LogP contribution < -0.4 is 4.74 Å². The zero-order chi connectivity index (χ0) is 24.9. The third-order valence-electron chi connectivity index (χ3n) is 6.70. The zero-order valence-corrected chi connectivity index (χ0v) is 19.4. The summed E-state index contributed by atoms with van der Waals surface area (Å²) in [4.78, 5) is 2.13. The van der Waals surface area contributed by atoms with E-state index in [0.717, 1.165) is 36.1 Å². The Hall–Kier alpha value is -2.87. The summed E-state index contributed by atoms with van der Waals surface area (Å²) < 4.78 is 43.5. The summed E-state index contributed by atoms with van der Waals surface area (Å²) in [5.41, 5.74) is -0.0951. The van der Waals surface area contributed by atoms with E-state index in [1.807, 2.05) is 60.7 Å². The number of aliphatic hydroxyl groups is 2. The van der Waals surface area contributed by atoms with Gasteiger partial charge in [0, 0.05) is 6.54 Å². The number of aliphatic hydroxyl groups excluding tert-OH is 1. The zero-order valence-electron chi connectivity index (χ0n) is 19.4. The lowest BCUT2D eigenvalue weighted by molar-refractivity contribution is -0.137. The van der Waals surface area contributed by atoms with E-state index in [1.165, 1.54) is 12.1 Å². The highest BCUT2D eigenvalue weighted by Crippen LogP contribution is 2.41. The number of hydrogen-bond acceptors (Lipinski definition) is 4. The quantitative estimate of drug-likeness (QED) is 0.467. The first-order valence-electron chi connectivity index (χ1n) is 11.8. The van der Waals surface area contributed by atoms with Gasteiger partial charge in [-0.1, -0.05) is 60.7 Å². The maximum absolute atomic E-state index is 12.7. The van der Waals surface area contributed by atoms with Gasteiger partial charge in [0.05, 0.1) is 5.56 Å². The van der Waals surface area contributed by atoms with Crippen LogP contribution in [0.5, 0.6) is 5.75 Å². The van der Waals surface area contributed by atoms with Crippen molar-refractivity contribution in [3.8, 4) is 5.75 Å². The second-order valence-electron chi connectivity index (χ2n) is 9.06. The van der Waals surface area contributed by atoms with Gasteiger partial charge in [-0.3, -0.25) is 0 Å². The summed E-state index contributed by atoms with van der Waals surface area (Å²) in [5.74, 6) is 0.302. The fourth-order valence-electron chi connectivity index (χ4n) is 4.84. The molecule has 0 radical (unpaired) electrons. The molecule has 4 nitrogen and oxygen atoms in total. The number of piperidine rings is 1. The smallest absolute Gasteiger partial charge is 0.416 e. The molecule has 0 unspecified atom stereocenters. The van der Waals surface area contributed by atoms with Gasteiger partial charge in [0.2, 0.25) is 0 Å². The molecule has 7 heteroatoms. The number of hydrogen-bond donors (Lipinski definition) is 2. The molecule has 0 saturated carbocycles. The van der Waals surface area contributed by atoms with Crippen molar-refractivity contribution in [3.05, 3.63) is 102 Å². The van der Waals surface area contributed by atoms with E-state index in [0.29, 0.717) is 19.6 Å². The molecule has 0 aliphatic carbocycles. The number of alkyl halides is 3. The molecule has 1 saturated heterocycles. The highest BCUT2D eigenvalue weighted by atomic mass is 19.4. The van der Waals surface area contributed by atoms with Gasteiger partial charge in [0.1, 0.15) is 24.1 Å². The van der Waals surface area contributed by atoms with Crippen LogP contribution in [0.4, 0.5) is 13.2 Å². The lowest BCUT2D eigenvalue weighted by Gasteiger charge is -2.42. The lowest BCUT2D eigenvalue weighted by atomic mass is 9.72. The molecule has 35 heavy (non-hydrogen) atoms. The van der Waals surface area contributed by atoms with Crippen molar-refractivity contribution in [2.75, 3.05) is 26.2 Å². The van der Waals surface area contributed by atoms with Gasteiger partial charge < -0.3 is 19.8 Å². The SMILES string of the molecule is O[C@H](COc1ccc(C(F)(F)F)cc1)CN1CCC(C(O)(c2ccccc2)c2ccccc2)CC1. The van der Waals surface area contributed by atoms with Crippen LogP contribution in [0.25, 0.3) is 0 Å². The number of ether oxygens (including phenoxy) is 1. The molecule has 0 amide bonds. The van der Waals surface area contributed by atoms with Gasteiger partial charge in [-0.05, 0) is 67.2 Å². The van der Waals surface area contributed by atoms with E-state index in [9.17, 15) is 23.4 Å². The Kier molecular flexibility index (Phi) is 7.79. The predicted molar refractivity (Wildman–Crippen MR) is 128 cm³/mol. The van der Waals surface area contributed by atoms with E-state index < -0.39 is 23.4 Å². The first-order valence-corrected chi connectivity index (χ1v) is 11.8. The molecule has 1 aliphatic rings. The van der Waals surface area contributed by atoms with Gasteiger partial charge in [0.15, 0.2) is 0 Å². The molecule has 0 bridgehead atoms. The molecule has 1 aliphatic heterocycles. The van der Waals surface area contributed by atoms with Crippen LogP contribution in [-0.4, -0.2) is 47.5 Å².